The number of aliphatic hydroxyl groups excluding tert-OH is 2. The lowest BCUT2D eigenvalue weighted by atomic mass is 10.1. The number of para-hydroxylation sites is 6. The molecule has 1 heterocycles. The average Bonchev–Trinajstić information content (AvgIpc) is 3.23. The van der Waals surface area contributed by atoms with Gasteiger partial charge in [0.05, 0.1) is 0 Å². The molecule has 0 radical (unpaired) electrons. The Morgan fingerprint density at radius 1 is 0.328 bits per heavy atom. The summed E-state index contributed by atoms with van der Waals surface area (Å²) in [5, 5.41) is 19.3. The Hall–Kier alpha value is -5.27. The number of hydrogen-bond donors (Lipinski definition) is 2. The van der Waals surface area contributed by atoms with E-state index < -0.39 is 23.0 Å². The van der Waals surface area contributed by atoms with Crippen LogP contribution in [0.25, 0.3) is 0 Å². The fraction of sp³-hybridized carbons (Fsp3) is 0.182. The summed E-state index contributed by atoms with van der Waals surface area (Å²) < 4.78 is 58.0. The van der Waals surface area contributed by atoms with Crippen LogP contribution in [0, 0.1) is 0 Å². The topological polar surface area (TPSA) is 133 Å². The van der Waals surface area contributed by atoms with Crippen molar-refractivity contribution in [2.75, 3.05) is 13.2 Å². The van der Waals surface area contributed by atoms with Crippen LogP contribution < -0.4 is 27.1 Å². The van der Waals surface area contributed by atoms with E-state index in [4.69, 9.17) is 40.7 Å². The summed E-state index contributed by atoms with van der Waals surface area (Å²) in [6.07, 6.45) is 3.90. The maximum atomic E-state index is 9.63. The summed E-state index contributed by atoms with van der Waals surface area (Å²) in [5.74, 6) is 2.71. The van der Waals surface area contributed by atoms with Crippen molar-refractivity contribution in [3.8, 4) is 34.5 Å². The molecule has 14 heteroatoms. The first-order valence-electron chi connectivity index (χ1n) is 19.2. The van der Waals surface area contributed by atoms with E-state index in [1.807, 2.05) is 121 Å². The summed E-state index contributed by atoms with van der Waals surface area (Å²) >= 11 is 0. The smallest absolute Gasteiger partial charge is 0.413 e. The third-order valence-electron chi connectivity index (χ3n) is 8.64. The lowest BCUT2D eigenvalue weighted by molar-refractivity contribution is 0.284. The van der Waals surface area contributed by atoms with Gasteiger partial charge in [0.25, 0.3) is 0 Å². The number of benzene rings is 6. The van der Waals surface area contributed by atoms with Gasteiger partial charge in [0.2, 0.25) is 0 Å². The van der Waals surface area contributed by atoms with Gasteiger partial charge < -0.3 is 37.4 Å². The van der Waals surface area contributed by atoms with Gasteiger partial charge in [-0.3, -0.25) is 0 Å². The zero-order valence-corrected chi connectivity index (χ0v) is 34.5. The molecule has 0 fully saturated rings. The monoisotopic (exact) mass is 837 g/mol. The number of aliphatic hydroxyl groups is 2. The zero-order valence-electron chi connectivity index (χ0n) is 31.8. The van der Waals surface area contributed by atoms with Crippen LogP contribution >= 0.6 is 23.0 Å². The Morgan fingerprint density at radius 2 is 0.603 bits per heavy atom. The van der Waals surface area contributed by atoms with Gasteiger partial charge in [-0.25, -0.2) is 0 Å². The summed E-state index contributed by atoms with van der Waals surface area (Å²) in [6.45, 7) is 0.146. The van der Waals surface area contributed by atoms with E-state index in [1.54, 1.807) is 48.5 Å². The predicted octanol–water partition coefficient (Wildman–Crippen LogP) is 12.9. The molecule has 0 bridgehead atoms. The van der Waals surface area contributed by atoms with Crippen molar-refractivity contribution >= 4 is 23.0 Å². The summed E-state index contributed by atoms with van der Waals surface area (Å²) in [7, 11) is -12.1. The molecule has 0 unspecified atom stereocenters. The molecule has 1 aliphatic rings. The van der Waals surface area contributed by atoms with Gasteiger partial charge in [-0.05, 0) is 110 Å². The molecule has 0 saturated carbocycles. The van der Waals surface area contributed by atoms with Gasteiger partial charge in [0, 0.05) is 13.2 Å². The Morgan fingerprint density at radius 3 is 0.914 bits per heavy atom. The maximum Gasteiger partial charge on any atom is 0.460 e. The van der Waals surface area contributed by atoms with Crippen LogP contribution in [-0.2, 0) is 12.8 Å². The number of hydrogen-bond acceptors (Lipinski definition) is 11. The van der Waals surface area contributed by atoms with Crippen LogP contribution in [-0.4, -0.2) is 23.4 Å². The molecule has 0 amide bonds. The second kappa shape index (κ2) is 19.9. The quantitative estimate of drug-likeness (QED) is 0.0574. The van der Waals surface area contributed by atoms with E-state index >= 15 is 0 Å². The molecule has 58 heavy (non-hydrogen) atoms. The minimum Gasteiger partial charge on any atom is -0.413 e. The third kappa shape index (κ3) is 11.0. The highest BCUT2D eigenvalue weighted by molar-refractivity contribution is 7.79. The largest absolute Gasteiger partial charge is 0.460 e. The molecule has 2 N–H and O–H groups in total. The first-order chi connectivity index (χ1) is 28.5. The SMILES string of the molecule is OCCCCc1ccccc1OP1(Oc2ccccc2CCCCO)=NP(Oc2ccccc2)(Oc2ccccc2)=NP(Oc2ccccc2)(Oc2ccccc2)=N1. The zero-order chi connectivity index (χ0) is 39.9. The van der Waals surface area contributed by atoms with Crippen LogP contribution in [0.1, 0.15) is 36.8 Å². The van der Waals surface area contributed by atoms with E-state index in [2.05, 4.69) is 0 Å². The number of nitrogens with zero attached hydrogens (tertiary/aromatic N) is 3. The van der Waals surface area contributed by atoms with E-state index in [0.717, 1.165) is 24.0 Å². The molecule has 0 spiro atoms. The second-order valence-electron chi connectivity index (χ2n) is 13.1. The van der Waals surface area contributed by atoms with Gasteiger partial charge in [-0.15, -0.1) is 0 Å². The van der Waals surface area contributed by atoms with Gasteiger partial charge in [0.1, 0.15) is 34.5 Å². The fourth-order valence-corrected chi connectivity index (χ4v) is 15.1. The Kier molecular flexibility index (Phi) is 14.1. The van der Waals surface area contributed by atoms with Crippen molar-refractivity contribution in [3.63, 3.8) is 0 Å². The van der Waals surface area contributed by atoms with Gasteiger partial charge in [0.15, 0.2) is 0 Å². The van der Waals surface area contributed by atoms with E-state index in [-0.39, 0.29) is 13.2 Å². The number of rotatable bonds is 20. The lowest BCUT2D eigenvalue weighted by Gasteiger charge is -2.33. The van der Waals surface area contributed by atoms with Crippen LogP contribution in [0.2, 0.25) is 0 Å². The Balaban J connectivity index is 1.55. The molecular weight excluding hydrogens is 791 g/mol. The van der Waals surface area contributed by atoms with Crippen molar-refractivity contribution in [1.29, 1.82) is 0 Å². The highest BCUT2D eigenvalue weighted by Gasteiger charge is 2.49. The van der Waals surface area contributed by atoms with Crippen molar-refractivity contribution in [2.45, 2.75) is 38.5 Å². The third-order valence-corrected chi connectivity index (χ3v) is 16.7. The van der Waals surface area contributed by atoms with Crippen molar-refractivity contribution in [3.05, 3.63) is 181 Å². The molecule has 0 atom stereocenters. The minimum absolute atomic E-state index is 0.0730. The summed E-state index contributed by atoms with van der Waals surface area (Å²) in [5.41, 5.74) is 1.74. The first kappa shape index (κ1) is 40.9. The molecule has 1 aliphatic heterocycles. The Labute approximate surface area is 340 Å². The van der Waals surface area contributed by atoms with E-state index in [0.29, 0.717) is 60.2 Å². The van der Waals surface area contributed by atoms with Crippen molar-refractivity contribution < 1.29 is 37.4 Å². The maximum absolute atomic E-state index is 9.63. The van der Waals surface area contributed by atoms with Crippen LogP contribution in [0.15, 0.2) is 183 Å². The van der Waals surface area contributed by atoms with E-state index in [1.165, 1.54) is 0 Å². The van der Waals surface area contributed by atoms with Gasteiger partial charge >= 0.3 is 23.0 Å². The average molecular weight is 838 g/mol. The Bertz CT molecular complexity index is 2150. The van der Waals surface area contributed by atoms with Gasteiger partial charge in [-0.2, -0.15) is 0 Å². The highest BCUT2D eigenvalue weighted by Crippen LogP contribution is 2.78. The van der Waals surface area contributed by atoms with Crippen LogP contribution in [0.4, 0.5) is 0 Å². The molecule has 11 nitrogen and oxygen atoms in total. The summed E-state index contributed by atoms with van der Waals surface area (Å²) in [6, 6.07) is 52.1. The lowest BCUT2D eigenvalue weighted by Crippen LogP contribution is -2.12. The normalized spacial score (nSPS) is 14.7. The standard InChI is InChI=1S/C44H46N3O8P3/c48-35-19-17-23-37-21-13-15-33-43(37)54-58(55-44-34-16-14-22-38(44)24-18-20-36-49)46-56(50-39-25-5-1-6-26-39,51-40-27-7-2-8-28-40)45-57(47-58,52-41-29-9-3-10-30-41)53-42-31-11-4-12-32-42/h1-16,21-22,25-34,48-49H,17-20,23-24,35-36H2. The van der Waals surface area contributed by atoms with Crippen molar-refractivity contribution in [1.82, 2.24) is 0 Å². The molecule has 6 aromatic rings. The van der Waals surface area contributed by atoms with E-state index in [9.17, 15) is 10.2 Å². The highest BCUT2D eigenvalue weighted by atomic mass is 31.3. The molecular formula is C44H46N3O8P3. The van der Waals surface area contributed by atoms with Crippen molar-refractivity contribution in [2.24, 2.45) is 13.5 Å². The number of unbranched alkanes of at least 4 members (excludes halogenated alkanes) is 2. The molecule has 0 aromatic heterocycles. The van der Waals surface area contributed by atoms with Gasteiger partial charge in [-0.1, -0.05) is 123 Å². The fourth-order valence-electron chi connectivity index (χ4n) is 5.94. The minimum atomic E-state index is -4.10. The molecule has 0 aliphatic carbocycles. The molecule has 300 valence electrons. The predicted molar refractivity (Wildman–Crippen MR) is 231 cm³/mol. The van der Waals surface area contributed by atoms with Crippen LogP contribution in [0.5, 0.6) is 34.5 Å². The number of aryl methyl sites for hydroxylation is 2. The second-order valence-corrected chi connectivity index (χ2v) is 19.3. The summed E-state index contributed by atoms with van der Waals surface area (Å²) in [4.78, 5) is 0. The van der Waals surface area contributed by atoms with Crippen LogP contribution in [0.3, 0.4) is 0 Å². The first-order valence-corrected chi connectivity index (χ1v) is 23.7. The molecule has 7 rings (SSSR count). The molecule has 0 saturated heterocycles. The molecule has 6 aromatic carbocycles.